The fourth-order valence-electron chi connectivity index (χ4n) is 9.10. The van der Waals surface area contributed by atoms with Crippen LogP contribution in [0.5, 0.6) is 0 Å². The van der Waals surface area contributed by atoms with E-state index in [1.54, 1.807) is 43.3 Å². The van der Waals surface area contributed by atoms with Gasteiger partial charge in [-0.3, -0.25) is 9.36 Å². The van der Waals surface area contributed by atoms with E-state index >= 15 is 0 Å². The Labute approximate surface area is 315 Å². The minimum absolute atomic E-state index is 0.00274. The highest BCUT2D eigenvalue weighted by molar-refractivity contribution is 6.03. The van der Waals surface area contributed by atoms with E-state index in [0.717, 1.165) is 23.2 Å². The van der Waals surface area contributed by atoms with Crippen LogP contribution in [0.4, 0.5) is 0 Å². The first kappa shape index (κ1) is 40.8. The first-order valence-electron chi connectivity index (χ1n) is 18.9. The summed E-state index contributed by atoms with van der Waals surface area (Å²) in [6.07, 6.45) is 6.20. The summed E-state index contributed by atoms with van der Waals surface area (Å²) < 4.78 is 19.7. The molecule has 4 aliphatic rings. The minimum Gasteiger partial charge on any atom is -0.477 e. The molecule has 14 heteroatoms. The Balaban J connectivity index is 0.000000328. The van der Waals surface area contributed by atoms with Gasteiger partial charge in [0.25, 0.3) is 0 Å². The number of aryl methyl sites for hydroxylation is 2. The van der Waals surface area contributed by atoms with Crippen LogP contribution in [0.15, 0.2) is 23.5 Å². The Hall–Kier alpha value is -4.92. The van der Waals surface area contributed by atoms with Gasteiger partial charge in [0.15, 0.2) is 11.6 Å². The van der Waals surface area contributed by atoms with Gasteiger partial charge >= 0.3 is 11.9 Å². The predicted molar refractivity (Wildman–Crippen MR) is 199 cm³/mol. The van der Waals surface area contributed by atoms with Crippen LogP contribution in [-0.2, 0) is 52.1 Å². The van der Waals surface area contributed by atoms with Crippen LogP contribution in [0.3, 0.4) is 0 Å². The van der Waals surface area contributed by atoms with Crippen molar-refractivity contribution in [2.45, 2.75) is 99.8 Å². The zero-order chi connectivity index (χ0) is 42.4. The van der Waals surface area contributed by atoms with Crippen LogP contribution in [0.1, 0.15) is 122 Å². The summed E-state index contributed by atoms with van der Waals surface area (Å²) >= 11 is 0. The molecule has 2 heterocycles. The van der Waals surface area contributed by atoms with Gasteiger partial charge in [0.05, 0.1) is 31.1 Å². The third-order valence-corrected chi connectivity index (χ3v) is 11.3. The van der Waals surface area contributed by atoms with Crippen LogP contribution in [0, 0.1) is 35.8 Å². The van der Waals surface area contributed by atoms with Crippen LogP contribution >= 0.6 is 0 Å². The maximum Gasteiger partial charge on any atom is 0.356 e. The standard InChI is InChI=1S/C19H23N3O3.C17H19N3O3.CH5NO.2CH4/c1-7-25-17(24)14-11-8-9-13-18(2,3)16(23)12(20-5)10-19(13,4)15(11)21-22(14)6;1-16(2)11-7-6-9-12(15(22)23)20(5)19-13(9)17(11,3)8-10(18-4)14(16)21;1-2-3;;/h10,13H,7-9H2,1-4,6H3;8,11H,6-7H2,1-3,5H3,(H,22,23);2-3H,1H3;2*1H4/t13-,19-;11-,17-;;;/m00.../s1/i;;;2*1T. The van der Waals surface area contributed by atoms with Gasteiger partial charge in [-0.2, -0.15) is 10.2 Å². The molecule has 14 nitrogen and oxygen atoms in total. The van der Waals surface area contributed by atoms with E-state index < -0.39 is 27.6 Å². The molecule has 288 valence electrons. The lowest BCUT2D eigenvalue weighted by molar-refractivity contribution is -0.129. The summed E-state index contributed by atoms with van der Waals surface area (Å²) in [5, 5.41) is 25.9. The molecule has 53 heavy (non-hydrogen) atoms. The van der Waals surface area contributed by atoms with E-state index in [-0.39, 0.29) is 46.5 Å². The minimum atomic E-state index is -0.996. The van der Waals surface area contributed by atoms with Crippen molar-refractivity contribution in [2.75, 3.05) is 13.7 Å². The number of allylic oxidation sites excluding steroid dienone is 4. The molecule has 0 saturated heterocycles. The van der Waals surface area contributed by atoms with E-state index in [1.807, 2.05) is 41.5 Å². The molecule has 0 radical (unpaired) electrons. The number of aromatic nitrogens is 4. The van der Waals surface area contributed by atoms with Crippen molar-refractivity contribution >= 4 is 23.5 Å². The summed E-state index contributed by atoms with van der Waals surface area (Å²) in [5.74, 6) is -1.57. The SMILES string of the molecule is CNO.[3H]C.[3H]C.[C-]#[N+]C1=C[C@]2(C)c3nn(C)c(C(=O)O)c3CC[C@H]2C(C)(C)C1=O.[C-]#[N+]C1=C[C@]2(C)c3nn(C)c(C(=O)OCC)c3CC[C@H]2C(C)(C)C1=O. The van der Waals surface area contributed by atoms with Crippen molar-refractivity contribution < 1.29 is 37.0 Å². The molecule has 2 aromatic heterocycles. The molecule has 0 aromatic carbocycles. The molecule has 0 saturated carbocycles. The largest absolute Gasteiger partial charge is 0.477 e. The van der Waals surface area contributed by atoms with E-state index in [2.05, 4.69) is 19.9 Å². The van der Waals surface area contributed by atoms with Gasteiger partial charge in [0.2, 0.25) is 11.4 Å². The molecule has 6 rings (SSSR count). The number of fused-ring (bicyclic) bond motifs is 6. The average molecular weight is 738 g/mol. The van der Waals surface area contributed by atoms with E-state index in [4.69, 9.17) is 25.8 Å². The maximum absolute atomic E-state index is 12.7. The molecule has 0 aliphatic heterocycles. The highest BCUT2D eigenvalue weighted by Gasteiger charge is 2.57. The quantitative estimate of drug-likeness (QED) is 0.191. The smallest absolute Gasteiger partial charge is 0.356 e. The van der Waals surface area contributed by atoms with Gasteiger partial charge in [-0.15, -0.1) is 0 Å². The van der Waals surface area contributed by atoms with Gasteiger partial charge < -0.3 is 24.6 Å². The Morgan fingerprint density at radius 1 is 0.887 bits per heavy atom. The molecule has 0 amide bonds. The van der Waals surface area contributed by atoms with Crippen LogP contribution in [0.25, 0.3) is 9.69 Å². The Morgan fingerprint density at radius 3 is 1.58 bits per heavy atom. The summed E-state index contributed by atoms with van der Waals surface area (Å²) in [5.41, 5.74) is 3.36. The topological polar surface area (TPSA) is 174 Å². The molecule has 4 aliphatic carbocycles. The van der Waals surface area contributed by atoms with Crippen molar-refractivity contribution in [3.8, 4) is 0 Å². The number of aromatic carboxylic acids is 1. The van der Waals surface area contributed by atoms with Crippen LogP contribution in [-0.4, -0.2) is 67.0 Å². The predicted octanol–water partition coefficient (Wildman–Crippen LogP) is 6.05. The third kappa shape index (κ3) is 6.86. The van der Waals surface area contributed by atoms with Crippen LogP contribution in [0.2, 0.25) is 0 Å². The molecule has 0 fully saturated rings. The number of ether oxygens (including phenoxy) is 1. The molecule has 2 aromatic rings. The highest BCUT2D eigenvalue weighted by atomic mass is 16.5. The second kappa shape index (κ2) is 15.6. The van der Waals surface area contributed by atoms with E-state index in [9.17, 15) is 24.3 Å². The number of hydroxylamine groups is 1. The fraction of sp³-hybridized carbons (Fsp3) is 0.590. The Bertz CT molecular complexity index is 1960. The molecule has 0 bridgehead atoms. The lowest BCUT2D eigenvalue weighted by Crippen LogP contribution is -2.51. The number of nitrogens with one attached hydrogen (secondary N) is 1. The number of hydrogen-bond donors (Lipinski definition) is 3. The number of carboxylic acid groups (broad SMARTS) is 1. The van der Waals surface area contributed by atoms with Crippen molar-refractivity contribution in [1.29, 1.82) is 0 Å². The number of rotatable bonds is 3. The first-order chi connectivity index (χ1) is 25.7. The average Bonchev–Trinajstić information content (AvgIpc) is 3.68. The van der Waals surface area contributed by atoms with E-state index in [0.29, 0.717) is 37.3 Å². The molecule has 3 N–H and O–H groups in total. The number of hydrogen-bond acceptors (Lipinski definition) is 9. The number of ketones is 2. The summed E-state index contributed by atoms with van der Waals surface area (Å²) in [7, 11) is 7.29. The van der Waals surface area contributed by atoms with Gasteiger partial charge in [-0.1, -0.05) is 68.5 Å². The molecule has 0 spiro atoms. The van der Waals surface area contributed by atoms with Gasteiger partial charge in [-0.25, -0.2) is 24.8 Å². The maximum atomic E-state index is 12.7. The molecule has 0 unspecified atom stereocenters. The normalized spacial score (nSPS) is 25.6. The fourth-order valence-corrected chi connectivity index (χ4v) is 9.10. The lowest BCUT2D eigenvalue weighted by atomic mass is 9.53. The Morgan fingerprint density at radius 2 is 1.25 bits per heavy atom. The van der Waals surface area contributed by atoms with Crippen molar-refractivity contribution in [2.24, 2.45) is 36.8 Å². The Kier molecular flexibility index (Phi) is 12.0. The van der Waals surface area contributed by atoms with Crippen LogP contribution < -0.4 is 5.48 Å². The zero-order valence-corrected chi connectivity index (χ0v) is 33.0. The summed E-state index contributed by atoms with van der Waals surface area (Å²) in [6, 6.07) is 0. The van der Waals surface area contributed by atoms with Crippen molar-refractivity contribution in [3.05, 3.63) is 80.3 Å². The van der Waals surface area contributed by atoms with Gasteiger partial charge in [0, 0.05) is 56.7 Å². The van der Waals surface area contributed by atoms with E-state index in [1.165, 1.54) is 26.5 Å². The monoisotopic (exact) mass is 737 g/mol. The number of nitrogens with zero attached hydrogens (tertiary/aromatic N) is 6. The zero-order valence-electron chi connectivity index (χ0n) is 35.0. The molecular weight excluding hydrogens is 678 g/mol. The van der Waals surface area contributed by atoms with Gasteiger partial charge in [-0.05, 0) is 44.4 Å². The number of carboxylic acids is 1. The summed E-state index contributed by atoms with van der Waals surface area (Å²) in [6.45, 7) is 28.4. The number of esters is 1. The van der Waals surface area contributed by atoms with Crippen molar-refractivity contribution in [3.63, 3.8) is 0 Å². The number of carbonyl (C=O) groups is 4. The summed E-state index contributed by atoms with van der Waals surface area (Å²) in [4.78, 5) is 56.0. The third-order valence-electron chi connectivity index (χ3n) is 11.3. The lowest BCUT2D eigenvalue weighted by Gasteiger charge is -2.49. The first-order valence-corrected chi connectivity index (χ1v) is 16.9. The number of Topliss-reactive ketones (excluding diaryl/α,β-unsaturated/α-hetero) is 2. The molecular formula is C39H55N7O7. The van der Waals surface area contributed by atoms with Gasteiger partial charge in [0.1, 0.15) is 11.4 Å². The highest BCUT2D eigenvalue weighted by Crippen LogP contribution is 2.56. The second-order valence-electron chi connectivity index (χ2n) is 15.0. The number of carbonyl (C=O) groups excluding carboxylic acids is 3. The molecule has 4 atom stereocenters. The second-order valence-corrected chi connectivity index (χ2v) is 15.0. The van der Waals surface area contributed by atoms with Crippen molar-refractivity contribution in [1.82, 2.24) is 25.0 Å².